The highest BCUT2D eigenvalue weighted by Gasteiger charge is 1.99. The van der Waals surface area contributed by atoms with Crippen LogP contribution < -0.4 is 5.32 Å². The molecule has 0 saturated heterocycles. The molecule has 0 atom stereocenters. The van der Waals surface area contributed by atoms with Crippen LogP contribution in [-0.2, 0) is 11.3 Å². The Morgan fingerprint density at radius 3 is 3.00 bits per heavy atom. The summed E-state index contributed by atoms with van der Waals surface area (Å²) in [7, 11) is 1.74. The highest BCUT2D eigenvalue weighted by atomic mass is 32.1. The van der Waals surface area contributed by atoms with E-state index in [2.05, 4.69) is 35.6 Å². The lowest BCUT2D eigenvalue weighted by Crippen LogP contribution is -2.15. The Morgan fingerprint density at radius 1 is 1.31 bits per heavy atom. The molecule has 2 nitrogen and oxygen atoms in total. The SMILES string of the molecule is COCCCNCc1cc2ccccc2s1. The van der Waals surface area contributed by atoms with Gasteiger partial charge in [-0.2, -0.15) is 0 Å². The Morgan fingerprint density at radius 2 is 2.19 bits per heavy atom. The molecule has 3 heteroatoms. The van der Waals surface area contributed by atoms with Crippen molar-refractivity contribution in [1.29, 1.82) is 0 Å². The molecule has 0 unspecified atom stereocenters. The molecule has 16 heavy (non-hydrogen) atoms. The Hall–Kier alpha value is -0.900. The lowest BCUT2D eigenvalue weighted by Gasteiger charge is -2.01. The second-order valence-electron chi connectivity index (χ2n) is 3.77. The Labute approximate surface area is 100 Å². The van der Waals surface area contributed by atoms with Gasteiger partial charge in [-0.25, -0.2) is 0 Å². The lowest BCUT2D eigenvalue weighted by atomic mass is 10.2. The molecule has 0 aliphatic heterocycles. The maximum Gasteiger partial charge on any atom is 0.0474 e. The number of ether oxygens (including phenoxy) is 1. The van der Waals surface area contributed by atoms with Crippen molar-refractivity contribution in [2.75, 3.05) is 20.3 Å². The van der Waals surface area contributed by atoms with Crippen molar-refractivity contribution < 1.29 is 4.74 Å². The Kier molecular flexibility index (Phi) is 4.34. The lowest BCUT2D eigenvalue weighted by molar-refractivity contribution is 0.194. The smallest absolute Gasteiger partial charge is 0.0474 e. The van der Waals surface area contributed by atoms with Gasteiger partial charge in [-0.1, -0.05) is 18.2 Å². The van der Waals surface area contributed by atoms with Gasteiger partial charge < -0.3 is 10.1 Å². The van der Waals surface area contributed by atoms with Gasteiger partial charge >= 0.3 is 0 Å². The van der Waals surface area contributed by atoms with Crippen molar-refractivity contribution in [3.05, 3.63) is 35.2 Å². The summed E-state index contributed by atoms with van der Waals surface area (Å²) >= 11 is 1.87. The van der Waals surface area contributed by atoms with Gasteiger partial charge in [-0.3, -0.25) is 0 Å². The fourth-order valence-electron chi connectivity index (χ4n) is 1.68. The van der Waals surface area contributed by atoms with E-state index in [0.717, 1.165) is 26.1 Å². The van der Waals surface area contributed by atoms with Crippen LogP contribution in [0.15, 0.2) is 30.3 Å². The quantitative estimate of drug-likeness (QED) is 0.777. The van der Waals surface area contributed by atoms with E-state index in [1.54, 1.807) is 7.11 Å². The number of benzene rings is 1. The van der Waals surface area contributed by atoms with Gasteiger partial charge in [-0.15, -0.1) is 11.3 Å². The fraction of sp³-hybridized carbons (Fsp3) is 0.385. The van der Waals surface area contributed by atoms with Gasteiger partial charge in [0.25, 0.3) is 0 Å². The van der Waals surface area contributed by atoms with Crippen LogP contribution >= 0.6 is 11.3 Å². The molecule has 0 fully saturated rings. The van der Waals surface area contributed by atoms with E-state index in [9.17, 15) is 0 Å². The third kappa shape index (κ3) is 3.04. The Bertz CT molecular complexity index is 405. The number of hydrogen-bond donors (Lipinski definition) is 1. The van der Waals surface area contributed by atoms with Crippen LogP contribution in [0.5, 0.6) is 0 Å². The van der Waals surface area contributed by atoms with Crippen LogP contribution in [0.1, 0.15) is 11.3 Å². The van der Waals surface area contributed by atoms with Gasteiger partial charge in [0.2, 0.25) is 0 Å². The van der Waals surface area contributed by atoms with Crippen molar-refractivity contribution in [3.63, 3.8) is 0 Å². The van der Waals surface area contributed by atoms with E-state index < -0.39 is 0 Å². The summed E-state index contributed by atoms with van der Waals surface area (Å²) in [4.78, 5) is 1.40. The number of hydrogen-bond acceptors (Lipinski definition) is 3. The minimum atomic E-state index is 0.833. The van der Waals surface area contributed by atoms with Gasteiger partial charge in [0.05, 0.1) is 0 Å². The molecule has 0 saturated carbocycles. The molecular formula is C13H17NOS. The third-order valence-electron chi connectivity index (χ3n) is 2.48. The number of thiophene rings is 1. The van der Waals surface area contributed by atoms with Gasteiger partial charge in [0.1, 0.15) is 0 Å². The number of nitrogens with one attached hydrogen (secondary N) is 1. The minimum Gasteiger partial charge on any atom is -0.385 e. The minimum absolute atomic E-state index is 0.833. The van der Waals surface area contributed by atoms with Crippen LogP contribution in [-0.4, -0.2) is 20.3 Å². The topological polar surface area (TPSA) is 21.3 Å². The third-order valence-corrected chi connectivity index (χ3v) is 3.59. The van der Waals surface area contributed by atoms with Crippen LogP contribution in [0.3, 0.4) is 0 Å². The predicted molar refractivity (Wildman–Crippen MR) is 70.0 cm³/mol. The molecule has 0 bridgehead atoms. The highest BCUT2D eigenvalue weighted by Crippen LogP contribution is 2.24. The van der Waals surface area contributed by atoms with Gasteiger partial charge in [0.15, 0.2) is 0 Å². The molecule has 1 N–H and O–H groups in total. The summed E-state index contributed by atoms with van der Waals surface area (Å²) in [5.74, 6) is 0. The zero-order chi connectivity index (χ0) is 11.2. The van der Waals surface area contributed by atoms with E-state index in [1.165, 1.54) is 15.0 Å². The first-order valence-electron chi connectivity index (χ1n) is 5.57. The summed E-state index contributed by atoms with van der Waals surface area (Å²) in [6.45, 7) is 2.81. The van der Waals surface area contributed by atoms with E-state index >= 15 is 0 Å². The van der Waals surface area contributed by atoms with E-state index in [-0.39, 0.29) is 0 Å². The molecule has 2 aromatic rings. The van der Waals surface area contributed by atoms with Crippen molar-refractivity contribution in [2.24, 2.45) is 0 Å². The van der Waals surface area contributed by atoms with E-state index in [0.29, 0.717) is 0 Å². The average molecular weight is 235 g/mol. The second kappa shape index (κ2) is 5.99. The van der Waals surface area contributed by atoms with E-state index in [4.69, 9.17) is 4.74 Å². The summed E-state index contributed by atoms with van der Waals surface area (Å²) in [5.41, 5.74) is 0. The van der Waals surface area contributed by atoms with Crippen LogP contribution in [0, 0.1) is 0 Å². The first-order chi connectivity index (χ1) is 7.90. The van der Waals surface area contributed by atoms with Crippen molar-refractivity contribution in [3.8, 4) is 0 Å². The van der Waals surface area contributed by atoms with E-state index in [1.807, 2.05) is 11.3 Å². The second-order valence-corrected chi connectivity index (χ2v) is 4.94. The maximum absolute atomic E-state index is 5.00. The molecule has 86 valence electrons. The van der Waals surface area contributed by atoms with Crippen LogP contribution in [0.4, 0.5) is 0 Å². The summed E-state index contributed by atoms with van der Waals surface area (Å²) in [5, 5.41) is 4.78. The monoisotopic (exact) mass is 235 g/mol. The average Bonchev–Trinajstić information content (AvgIpc) is 2.71. The largest absolute Gasteiger partial charge is 0.385 e. The highest BCUT2D eigenvalue weighted by molar-refractivity contribution is 7.19. The fourth-order valence-corrected chi connectivity index (χ4v) is 2.71. The zero-order valence-corrected chi connectivity index (χ0v) is 10.3. The summed E-state index contributed by atoms with van der Waals surface area (Å²) < 4.78 is 6.38. The maximum atomic E-state index is 5.00. The number of methoxy groups -OCH3 is 1. The van der Waals surface area contributed by atoms with Crippen LogP contribution in [0.2, 0.25) is 0 Å². The molecular weight excluding hydrogens is 218 g/mol. The molecule has 0 aliphatic rings. The molecule has 1 aromatic carbocycles. The molecule has 1 aromatic heterocycles. The molecule has 0 spiro atoms. The van der Waals surface area contributed by atoms with Gasteiger partial charge in [-0.05, 0) is 30.5 Å². The molecule has 0 radical (unpaired) electrons. The summed E-state index contributed by atoms with van der Waals surface area (Å²) in [6, 6.07) is 10.8. The van der Waals surface area contributed by atoms with Crippen LogP contribution in [0.25, 0.3) is 10.1 Å². The predicted octanol–water partition coefficient (Wildman–Crippen LogP) is 3.03. The standard InChI is InChI=1S/C13H17NOS/c1-15-8-4-7-14-10-12-9-11-5-2-3-6-13(11)16-12/h2-3,5-6,9,14H,4,7-8,10H2,1H3. The Balaban J connectivity index is 1.85. The molecule has 1 heterocycles. The molecule has 0 aliphatic carbocycles. The van der Waals surface area contributed by atoms with Crippen molar-refractivity contribution >= 4 is 21.4 Å². The zero-order valence-electron chi connectivity index (χ0n) is 9.53. The first-order valence-corrected chi connectivity index (χ1v) is 6.39. The normalized spacial score (nSPS) is 11.1. The van der Waals surface area contributed by atoms with Gasteiger partial charge in [0, 0.05) is 29.8 Å². The van der Waals surface area contributed by atoms with Crippen molar-refractivity contribution in [2.45, 2.75) is 13.0 Å². The number of fused-ring (bicyclic) bond motifs is 1. The molecule has 2 rings (SSSR count). The first kappa shape index (κ1) is 11.6. The van der Waals surface area contributed by atoms with Crippen molar-refractivity contribution in [1.82, 2.24) is 5.32 Å². The summed E-state index contributed by atoms with van der Waals surface area (Å²) in [6.07, 6.45) is 1.07. The molecule has 0 amide bonds. The number of rotatable bonds is 6.